The third kappa shape index (κ3) is 3.67. The Bertz CT molecular complexity index is 89.7. The van der Waals surface area contributed by atoms with Crippen LogP contribution in [0.3, 0.4) is 0 Å². The Hall–Kier alpha value is -0.160. The van der Waals surface area contributed by atoms with E-state index < -0.39 is 0 Å². The lowest BCUT2D eigenvalue weighted by atomic mass is 10.5. The largest absolute Gasteiger partial charge is 0.365 e. The molecule has 1 saturated heterocycles. The molecule has 0 aromatic heterocycles. The first-order chi connectivity index (χ1) is 5.43. The van der Waals surface area contributed by atoms with Crippen LogP contribution in [0.15, 0.2) is 0 Å². The molecule has 0 spiro atoms. The summed E-state index contributed by atoms with van der Waals surface area (Å²) < 4.78 is 5.18. The molecule has 1 heterocycles. The molecule has 66 valence electrons. The lowest BCUT2D eigenvalue weighted by molar-refractivity contribution is 0.0760. The molecule has 0 bridgehead atoms. The number of hydrogen-bond donors (Lipinski definition) is 3. The Morgan fingerprint density at radius 2 is 1.82 bits per heavy atom. The van der Waals surface area contributed by atoms with Gasteiger partial charge in [-0.05, 0) is 0 Å². The van der Waals surface area contributed by atoms with Crippen LogP contribution in [-0.4, -0.2) is 46.1 Å². The number of hydrogen-bond acceptors (Lipinski definition) is 4. The van der Waals surface area contributed by atoms with Crippen LogP contribution in [0.2, 0.25) is 0 Å². The van der Waals surface area contributed by atoms with E-state index in [-0.39, 0.29) is 6.23 Å². The minimum Gasteiger partial charge on any atom is -0.365 e. The second kappa shape index (κ2) is 5.49. The first-order valence-corrected chi connectivity index (χ1v) is 4.11. The average molecular weight is 159 g/mol. The summed E-state index contributed by atoms with van der Waals surface area (Å²) >= 11 is 0. The minimum absolute atomic E-state index is 0.162. The van der Waals surface area contributed by atoms with Gasteiger partial charge in [0.25, 0.3) is 0 Å². The van der Waals surface area contributed by atoms with Crippen LogP contribution in [0.25, 0.3) is 0 Å². The summed E-state index contributed by atoms with van der Waals surface area (Å²) in [6.07, 6.45) is 0.162. The van der Waals surface area contributed by atoms with Crippen LogP contribution in [0.5, 0.6) is 0 Å². The number of methoxy groups -OCH3 is 1. The summed E-state index contributed by atoms with van der Waals surface area (Å²) in [6, 6.07) is 0. The maximum atomic E-state index is 5.18. The molecule has 3 N–H and O–H groups in total. The number of rotatable bonds is 1. The van der Waals surface area contributed by atoms with Crippen molar-refractivity contribution in [3.05, 3.63) is 0 Å². The Balaban J connectivity index is 2.19. The molecule has 1 atom stereocenters. The van der Waals surface area contributed by atoms with Crippen LogP contribution >= 0.6 is 0 Å². The first-order valence-electron chi connectivity index (χ1n) is 4.11. The van der Waals surface area contributed by atoms with Gasteiger partial charge in [0, 0.05) is 39.8 Å². The van der Waals surface area contributed by atoms with E-state index in [9.17, 15) is 0 Å². The fourth-order valence-corrected chi connectivity index (χ4v) is 1.10. The molecule has 0 aromatic rings. The summed E-state index contributed by atoms with van der Waals surface area (Å²) in [6.45, 7) is 4.93. The minimum atomic E-state index is 0.162. The quantitative estimate of drug-likeness (QED) is 0.447. The van der Waals surface area contributed by atoms with Crippen molar-refractivity contribution in [1.82, 2.24) is 16.0 Å². The predicted molar refractivity (Wildman–Crippen MR) is 44.5 cm³/mol. The topological polar surface area (TPSA) is 45.3 Å². The smallest absolute Gasteiger partial charge is 0.120 e. The predicted octanol–water partition coefficient (Wildman–Crippen LogP) is -1.26. The van der Waals surface area contributed by atoms with Gasteiger partial charge in [-0.2, -0.15) is 0 Å². The molecule has 1 fully saturated rings. The van der Waals surface area contributed by atoms with Crippen LogP contribution in [0, 0.1) is 0 Å². The van der Waals surface area contributed by atoms with E-state index in [1.807, 2.05) is 0 Å². The van der Waals surface area contributed by atoms with Gasteiger partial charge < -0.3 is 15.4 Å². The SMILES string of the molecule is COC1CNCCNCCN1. The highest BCUT2D eigenvalue weighted by Crippen LogP contribution is 1.82. The molecule has 0 radical (unpaired) electrons. The van der Waals surface area contributed by atoms with Crippen molar-refractivity contribution in [2.24, 2.45) is 0 Å². The zero-order chi connectivity index (χ0) is 7.94. The summed E-state index contributed by atoms with van der Waals surface area (Å²) in [7, 11) is 1.73. The second-order valence-corrected chi connectivity index (χ2v) is 2.63. The van der Waals surface area contributed by atoms with E-state index in [1.165, 1.54) is 0 Å². The van der Waals surface area contributed by atoms with Gasteiger partial charge in [-0.15, -0.1) is 0 Å². The molecule has 1 unspecified atom stereocenters. The molecule has 0 aromatic carbocycles. The van der Waals surface area contributed by atoms with Crippen molar-refractivity contribution in [3.63, 3.8) is 0 Å². The lowest BCUT2D eigenvalue weighted by Crippen LogP contribution is -2.40. The summed E-state index contributed by atoms with van der Waals surface area (Å²) in [5.41, 5.74) is 0. The Morgan fingerprint density at radius 3 is 2.64 bits per heavy atom. The molecule has 0 amide bonds. The van der Waals surface area contributed by atoms with E-state index in [0.717, 1.165) is 32.7 Å². The van der Waals surface area contributed by atoms with Gasteiger partial charge in [-0.1, -0.05) is 0 Å². The molecule has 1 rings (SSSR count). The number of ether oxygens (including phenoxy) is 1. The van der Waals surface area contributed by atoms with Gasteiger partial charge in [0.2, 0.25) is 0 Å². The molecule has 4 nitrogen and oxygen atoms in total. The van der Waals surface area contributed by atoms with Crippen LogP contribution in [0.1, 0.15) is 0 Å². The Morgan fingerprint density at radius 1 is 1.09 bits per heavy atom. The molecule has 1 aliphatic heterocycles. The normalized spacial score (nSPS) is 28.6. The highest BCUT2D eigenvalue weighted by Gasteiger charge is 2.05. The average Bonchev–Trinajstić information content (AvgIpc) is 2.16. The molecule has 0 aliphatic carbocycles. The van der Waals surface area contributed by atoms with E-state index in [4.69, 9.17) is 4.74 Å². The summed E-state index contributed by atoms with van der Waals surface area (Å²) in [4.78, 5) is 0. The maximum absolute atomic E-state index is 5.18. The standard InChI is InChI=1S/C7H17N3O/c1-11-7-6-9-3-2-8-4-5-10-7/h7-10H,2-6H2,1H3. The van der Waals surface area contributed by atoms with Crippen molar-refractivity contribution in [2.75, 3.05) is 39.8 Å². The monoisotopic (exact) mass is 159 g/mol. The van der Waals surface area contributed by atoms with E-state index in [1.54, 1.807) is 7.11 Å². The van der Waals surface area contributed by atoms with Crippen molar-refractivity contribution in [1.29, 1.82) is 0 Å². The van der Waals surface area contributed by atoms with Crippen LogP contribution in [0.4, 0.5) is 0 Å². The second-order valence-electron chi connectivity index (χ2n) is 2.63. The zero-order valence-corrected chi connectivity index (χ0v) is 7.02. The lowest BCUT2D eigenvalue weighted by Gasteiger charge is -2.15. The fraction of sp³-hybridized carbons (Fsp3) is 1.00. The van der Waals surface area contributed by atoms with Gasteiger partial charge in [-0.3, -0.25) is 5.32 Å². The van der Waals surface area contributed by atoms with Crippen molar-refractivity contribution < 1.29 is 4.74 Å². The molecular weight excluding hydrogens is 142 g/mol. The molecule has 1 aliphatic rings. The van der Waals surface area contributed by atoms with E-state index in [2.05, 4.69) is 16.0 Å². The maximum Gasteiger partial charge on any atom is 0.120 e. The summed E-state index contributed by atoms with van der Waals surface area (Å²) in [5.74, 6) is 0. The van der Waals surface area contributed by atoms with Crippen molar-refractivity contribution in [3.8, 4) is 0 Å². The molecule has 11 heavy (non-hydrogen) atoms. The highest BCUT2D eigenvalue weighted by atomic mass is 16.5. The number of nitrogens with one attached hydrogen (secondary N) is 3. The van der Waals surface area contributed by atoms with E-state index >= 15 is 0 Å². The Kier molecular flexibility index (Phi) is 4.45. The molecular formula is C7H17N3O. The fourth-order valence-electron chi connectivity index (χ4n) is 1.10. The zero-order valence-electron chi connectivity index (χ0n) is 7.02. The van der Waals surface area contributed by atoms with Gasteiger partial charge in [0.1, 0.15) is 6.23 Å². The Labute approximate surface area is 67.7 Å². The molecule has 0 saturated carbocycles. The van der Waals surface area contributed by atoms with Crippen LogP contribution in [-0.2, 0) is 4.74 Å². The van der Waals surface area contributed by atoms with E-state index in [0.29, 0.717) is 0 Å². The van der Waals surface area contributed by atoms with Gasteiger partial charge in [0.15, 0.2) is 0 Å². The van der Waals surface area contributed by atoms with Crippen molar-refractivity contribution in [2.45, 2.75) is 6.23 Å². The van der Waals surface area contributed by atoms with Gasteiger partial charge in [0.05, 0.1) is 0 Å². The van der Waals surface area contributed by atoms with Gasteiger partial charge in [-0.25, -0.2) is 0 Å². The van der Waals surface area contributed by atoms with Gasteiger partial charge >= 0.3 is 0 Å². The van der Waals surface area contributed by atoms with Crippen LogP contribution < -0.4 is 16.0 Å². The third-order valence-electron chi connectivity index (χ3n) is 1.77. The third-order valence-corrected chi connectivity index (χ3v) is 1.77. The highest BCUT2D eigenvalue weighted by molar-refractivity contribution is 4.64. The summed E-state index contributed by atoms with van der Waals surface area (Å²) in [5, 5.41) is 9.83. The van der Waals surface area contributed by atoms with Crippen molar-refractivity contribution >= 4 is 0 Å². The first kappa shape index (κ1) is 8.93. The molecule has 4 heteroatoms.